The van der Waals surface area contributed by atoms with Crippen LogP contribution in [0, 0.1) is 17.6 Å². The van der Waals surface area contributed by atoms with Crippen molar-refractivity contribution in [2.45, 2.75) is 26.8 Å². The molecule has 0 radical (unpaired) electrons. The Balaban J connectivity index is 2.70. The van der Waals surface area contributed by atoms with Gasteiger partial charge in [-0.2, -0.15) is 0 Å². The lowest BCUT2D eigenvalue weighted by Crippen LogP contribution is -2.23. The van der Waals surface area contributed by atoms with Crippen LogP contribution in [0.2, 0.25) is 0 Å². The van der Waals surface area contributed by atoms with Gasteiger partial charge in [-0.05, 0) is 36.6 Å². The fourth-order valence-electron chi connectivity index (χ4n) is 2.15. The average molecular weight is 300 g/mol. The standard InChI is InChI=1S/C16H26F2N2O/c1-12(2)10-19-11-13-8-14(17)16(15(18)9-13)20(3)6-5-7-21-4/h8-9,12,19H,5-7,10-11H2,1-4H3. The molecule has 0 amide bonds. The number of hydrogen-bond donors (Lipinski definition) is 1. The molecule has 1 N–H and O–H groups in total. The fourth-order valence-corrected chi connectivity index (χ4v) is 2.15. The first-order valence-corrected chi connectivity index (χ1v) is 7.34. The van der Waals surface area contributed by atoms with Crippen LogP contribution in [-0.2, 0) is 11.3 Å². The molecule has 3 nitrogen and oxygen atoms in total. The molecular weight excluding hydrogens is 274 g/mol. The Bertz CT molecular complexity index is 415. The summed E-state index contributed by atoms with van der Waals surface area (Å²) in [6.45, 7) is 6.59. The van der Waals surface area contributed by atoms with E-state index in [2.05, 4.69) is 19.2 Å². The van der Waals surface area contributed by atoms with Crippen LogP contribution in [0.3, 0.4) is 0 Å². The molecule has 0 bridgehead atoms. The Hall–Kier alpha value is -1.20. The van der Waals surface area contributed by atoms with Crippen molar-refractivity contribution in [2.24, 2.45) is 5.92 Å². The van der Waals surface area contributed by atoms with Gasteiger partial charge >= 0.3 is 0 Å². The Morgan fingerprint density at radius 2 is 1.86 bits per heavy atom. The van der Waals surface area contributed by atoms with Crippen LogP contribution < -0.4 is 10.2 Å². The Morgan fingerprint density at radius 3 is 2.38 bits per heavy atom. The van der Waals surface area contributed by atoms with Crippen LogP contribution >= 0.6 is 0 Å². The van der Waals surface area contributed by atoms with Crippen LogP contribution in [0.25, 0.3) is 0 Å². The third kappa shape index (κ3) is 5.98. The van der Waals surface area contributed by atoms with Gasteiger partial charge in [-0.3, -0.25) is 0 Å². The van der Waals surface area contributed by atoms with Crippen molar-refractivity contribution in [3.8, 4) is 0 Å². The molecule has 0 unspecified atom stereocenters. The predicted molar refractivity (Wildman–Crippen MR) is 82.7 cm³/mol. The largest absolute Gasteiger partial charge is 0.385 e. The lowest BCUT2D eigenvalue weighted by molar-refractivity contribution is 0.196. The third-order valence-corrected chi connectivity index (χ3v) is 3.18. The SMILES string of the molecule is COCCCN(C)c1c(F)cc(CNCC(C)C)cc1F. The summed E-state index contributed by atoms with van der Waals surface area (Å²) in [4.78, 5) is 1.59. The molecule has 1 rings (SSSR count). The molecule has 0 saturated heterocycles. The first kappa shape index (κ1) is 17.9. The van der Waals surface area contributed by atoms with Crippen LogP contribution in [0.5, 0.6) is 0 Å². The second kappa shape index (κ2) is 8.95. The van der Waals surface area contributed by atoms with E-state index in [1.165, 1.54) is 12.1 Å². The number of hydrogen-bond acceptors (Lipinski definition) is 3. The normalized spacial score (nSPS) is 11.2. The number of nitrogens with one attached hydrogen (secondary N) is 1. The molecule has 0 spiro atoms. The second-order valence-corrected chi connectivity index (χ2v) is 5.70. The highest BCUT2D eigenvalue weighted by Gasteiger charge is 2.15. The number of benzene rings is 1. The fraction of sp³-hybridized carbons (Fsp3) is 0.625. The minimum absolute atomic E-state index is 0.0266. The van der Waals surface area contributed by atoms with E-state index in [1.54, 1.807) is 19.1 Å². The van der Waals surface area contributed by atoms with Gasteiger partial charge in [0.2, 0.25) is 0 Å². The number of rotatable bonds is 9. The Labute approximate surface area is 126 Å². The lowest BCUT2D eigenvalue weighted by Gasteiger charge is -2.21. The van der Waals surface area contributed by atoms with E-state index >= 15 is 0 Å². The quantitative estimate of drug-likeness (QED) is 0.709. The van der Waals surface area contributed by atoms with Gasteiger partial charge in [0, 0.05) is 33.9 Å². The zero-order valence-corrected chi connectivity index (χ0v) is 13.4. The molecule has 0 aliphatic heterocycles. The van der Waals surface area contributed by atoms with Gasteiger partial charge in [0.15, 0.2) is 0 Å². The molecule has 0 aliphatic carbocycles. The summed E-state index contributed by atoms with van der Waals surface area (Å²) in [6.07, 6.45) is 0.726. The average Bonchev–Trinajstić information content (AvgIpc) is 2.37. The van der Waals surface area contributed by atoms with Gasteiger partial charge in [-0.1, -0.05) is 13.8 Å². The van der Waals surface area contributed by atoms with Crippen molar-refractivity contribution < 1.29 is 13.5 Å². The highest BCUT2D eigenvalue weighted by Crippen LogP contribution is 2.24. The summed E-state index contributed by atoms with van der Waals surface area (Å²) in [7, 11) is 3.30. The Morgan fingerprint density at radius 1 is 1.24 bits per heavy atom. The van der Waals surface area contributed by atoms with Crippen molar-refractivity contribution in [1.29, 1.82) is 0 Å². The molecule has 0 fully saturated rings. The highest BCUT2D eigenvalue weighted by molar-refractivity contribution is 5.50. The van der Waals surface area contributed by atoms with E-state index in [-0.39, 0.29) is 5.69 Å². The number of halogens is 2. The molecular formula is C16H26F2N2O. The van der Waals surface area contributed by atoms with Gasteiger partial charge in [0.05, 0.1) is 0 Å². The third-order valence-electron chi connectivity index (χ3n) is 3.18. The van der Waals surface area contributed by atoms with Gasteiger partial charge < -0.3 is 15.0 Å². The highest BCUT2D eigenvalue weighted by atomic mass is 19.1. The van der Waals surface area contributed by atoms with Gasteiger partial charge in [-0.25, -0.2) is 8.78 Å². The Kier molecular flexibility index (Phi) is 7.61. The molecule has 21 heavy (non-hydrogen) atoms. The van der Waals surface area contributed by atoms with Crippen LogP contribution in [0.1, 0.15) is 25.8 Å². The first-order chi connectivity index (χ1) is 9.95. The maximum Gasteiger partial charge on any atom is 0.149 e. The predicted octanol–water partition coefficient (Wildman–Crippen LogP) is 3.18. The monoisotopic (exact) mass is 300 g/mol. The second-order valence-electron chi connectivity index (χ2n) is 5.70. The zero-order chi connectivity index (χ0) is 15.8. The summed E-state index contributed by atoms with van der Waals surface area (Å²) in [5, 5.41) is 3.18. The summed E-state index contributed by atoms with van der Waals surface area (Å²) in [6, 6.07) is 2.80. The van der Waals surface area contributed by atoms with Crippen molar-refractivity contribution >= 4 is 5.69 Å². The summed E-state index contributed by atoms with van der Waals surface area (Å²) in [5.74, 6) is -0.529. The maximum atomic E-state index is 14.1. The van der Waals surface area contributed by atoms with Crippen molar-refractivity contribution in [1.82, 2.24) is 5.32 Å². The minimum atomic E-state index is -0.517. The maximum absolute atomic E-state index is 14.1. The zero-order valence-electron chi connectivity index (χ0n) is 13.4. The summed E-state index contributed by atoms with van der Waals surface area (Å²) in [5.41, 5.74) is 0.651. The molecule has 5 heteroatoms. The van der Waals surface area contributed by atoms with E-state index < -0.39 is 11.6 Å². The topological polar surface area (TPSA) is 24.5 Å². The van der Waals surface area contributed by atoms with E-state index in [0.29, 0.717) is 31.2 Å². The number of ether oxygens (including phenoxy) is 1. The molecule has 1 aromatic carbocycles. The van der Waals surface area contributed by atoms with Crippen LogP contribution in [-0.4, -0.2) is 33.9 Å². The molecule has 0 aromatic heterocycles. The summed E-state index contributed by atoms with van der Waals surface area (Å²) < 4.78 is 33.2. The van der Waals surface area contributed by atoms with E-state index in [9.17, 15) is 8.78 Å². The molecule has 120 valence electrons. The van der Waals surface area contributed by atoms with Crippen molar-refractivity contribution in [3.63, 3.8) is 0 Å². The van der Waals surface area contributed by atoms with Crippen molar-refractivity contribution in [3.05, 3.63) is 29.3 Å². The lowest BCUT2D eigenvalue weighted by atomic mass is 10.1. The first-order valence-electron chi connectivity index (χ1n) is 7.34. The van der Waals surface area contributed by atoms with Gasteiger partial charge in [0.25, 0.3) is 0 Å². The molecule has 1 aromatic rings. The summed E-state index contributed by atoms with van der Waals surface area (Å²) >= 11 is 0. The van der Waals surface area contributed by atoms with Crippen molar-refractivity contribution in [2.75, 3.05) is 38.8 Å². The molecule has 0 atom stereocenters. The van der Waals surface area contributed by atoms with Gasteiger partial charge in [-0.15, -0.1) is 0 Å². The molecule has 0 aliphatic rings. The number of nitrogens with zero attached hydrogens (tertiary/aromatic N) is 1. The smallest absolute Gasteiger partial charge is 0.149 e. The number of anilines is 1. The molecule has 0 heterocycles. The number of methoxy groups -OCH3 is 1. The van der Waals surface area contributed by atoms with Crippen LogP contribution in [0.4, 0.5) is 14.5 Å². The molecule has 0 saturated carbocycles. The van der Waals surface area contributed by atoms with Crippen LogP contribution in [0.15, 0.2) is 12.1 Å². The van der Waals surface area contributed by atoms with E-state index in [0.717, 1.165) is 13.0 Å². The van der Waals surface area contributed by atoms with E-state index in [1.807, 2.05) is 0 Å². The minimum Gasteiger partial charge on any atom is -0.385 e. The van der Waals surface area contributed by atoms with Gasteiger partial charge in [0.1, 0.15) is 17.3 Å². The van der Waals surface area contributed by atoms with E-state index in [4.69, 9.17) is 4.74 Å².